The standard InChI is InChI=1S/C15H26O2/c1-13(2,16)10-5-7-14(3)8-6-12-15(4,17-12)11(14)9-10/h10-12,16H,5-9H2,1-4H3/t10-,11+,12+,14-,15-/m0/s1. The van der Waals surface area contributed by atoms with Crippen LogP contribution in [0.4, 0.5) is 0 Å². The van der Waals surface area contributed by atoms with Crippen LogP contribution in [-0.4, -0.2) is 22.4 Å². The molecular weight excluding hydrogens is 212 g/mol. The van der Waals surface area contributed by atoms with Gasteiger partial charge in [0.2, 0.25) is 0 Å². The van der Waals surface area contributed by atoms with Gasteiger partial charge in [-0.2, -0.15) is 0 Å². The Morgan fingerprint density at radius 1 is 1.18 bits per heavy atom. The number of epoxide rings is 1. The van der Waals surface area contributed by atoms with Gasteiger partial charge in [-0.1, -0.05) is 6.92 Å². The number of fused-ring (bicyclic) bond motifs is 3. The minimum absolute atomic E-state index is 0.136. The van der Waals surface area contributed by atoms with E-state index in [-0.39, 0.29) is 5.60 Å². The Hall–Kier alpha value is -0.0800. The molecule has 3 aliphatic rings. The fourth-order valence-electron chi connectivity index (χ4n) is 4.62. The number of hydrogen-bond donors (Lipinski definition) is 1. The first kappa shape index (κ1) is 12.0. The zero-order valence-corrected chi connectivity index (χ0v) is 11.6. The van der Waals surface area contributed by atoms with Crippen LogP contribution in [0.2, 0.25) is 0 Å². The number of ether oxygens (including phenoxy) is 1. The van der Waals surface area contributed by atoms with Gasteiger partial charge in [-0.3, -0.25) is 0 Å². The topological polar surface area (TPSA) is 32.8 Å². The van der Waals surface area contributed by atoms with Crippen molar-refractivity contribution in [3.8, 4) is 0 Å². The highest BCUT2D eigenvalue weighted by Crippen LogP contribution is 2.64. The smallest absolute Gasteiger partial charge is 0.0953 e. The molecule has 2 nitrogen and oxygen atoms in total. The van der Waals surface area contributed by atoms with E-state index in [4.69, 9.17) is 4.74 Å². The Kier molecular flexibility index (Phi) is 2.30. The number of hydrogen-bond acceptors (Lipinski definition) is 2. The Morgan fingerprint density at radius 3 is 2.47 bits per heavy atom. The lowest BCUT2D eigenvalue weighted by atomic mass is 9.53. The van der Waals surface area contributed by atoms with Gasteiger partial charge in [0.1, 0.15) is 0 Å². The molecule has 1 N–H and O–H groups in total. The van der Waals surface area contributed by atoms with Gasteiger partial charge in [0.25, 0.3) is 0 Å². The summed E-state index contributed by atoms with van der Waals surface area (Å²) in [5, 5.41) is 10.3. The summed E-state index contributed by atoms with van der Waals surface area (Å²) in [5.74, 6) is 1.10. The van der Waals surface area contributed by atoms with Gasteiger partial charge in [-0.25, -0.2) is 0 Å². The first-order valence-corrected chi connectivity index (χ1v) is 7.16. The maximum absolute atomic E-state index is 10.3. The summed E-state index contributed by atoms with van der Waals surface area (Å²) in [7, 11) is 0. The lowest BCUT2D eigenvalue weighted by molar-refractivity contribution is -0.0644. The van der Waals surface area contributed by atoms with Crippen molar-refractivity contribution in [3.63, 3.8) is 0 Å². The molecule has 0 spiro atoms. The van der Waals surface area contributed by atoms with Crippen LogP contribution in [0, 0.1) is 17.3 Å². The monoisotopic (exact) mass is 238 g/mol. The van der Waals surface area contributed by atoms with Gasteiger partial charge in [0.15, 0.2) is 0 Å². The second-order valence-corrected chi connectivity index (χ2v) is 7.66. The van der Waals surface area contributed by atoms with Crippen LogP contribution >= 0.6 is 0 Å². The van der Waals surface area contributed by atoms with Crippen LogP contribution in [0.3, 0.4) is 0 Å². The minimum atomic E-state index is -0.528. The number of rotatable bonds is 1. The van der Waals surface area contributed by atoms with Gasteiger partial charge in [0, 0.05) is 0 Å². The average molecular weight is 238 g/mol. The van der Waals surface area contributed by atoms with Crippen molar-refractivity contribution < 1.29 is 9.84 Å². The highest BCUT2D eigenvalue weighted by atomic mass is 16.6. The zero-order valence-electron chi connectivity index (χ0n) is 11.6. The minimum Gasteiger partial charge on any atom is -0.390 e. The molecule has 0 aromatic carbocycles. The van der Waals surface area contributed by atoms with Crippen LogP contribution in [-0.2, 0) is 4.74 Å². The first-order chi connectivity index (χ1) is 7.76. The van der Waals surface area contributed by atoms with E-state index in [2.05, 4.69) is 13.8 Å². The molecule has 0 unspecified atom stereocenters. The van der Waals surface area contributed by atoms with Gasteiger partial charge < -0.3 is 9.84 Å². The van der Waals surface area contributed by atoms with Crippen molar-refractivity contribution in [1.29, 1.82) is 0 Å². The zero-order chi connectivity index (χ0) is 12.5. The molecule has 1 heterocycles. The largest absolute Gasteiger partial charge is 0.390 e. The summed E-state index contributed by atoms with van der Waals surface area (Å²) in [5.41, 5.74) is 0.0694. The molecule has 0 aromatic heterocycles. The van der Waals surface area contributed by atoms with Crippen LogP contribution in [0.5, 0.6) is 0 Å². The normalized spacial score (nSPS) is 53.8. The molecule has 2 saturated carbocycles. The molecule has 0 amide bonds. The first-order valence-electron chi connectivity index (χ1n) is 7.16. The van der Waals surface area contributed by atoms with Crippen molar-refractivity contribution in [3.05, 3.63) is 0 Å². The highest BCUT2D eigenvalue weighted by Gasteiger charge is 2.66. The van der Waals surface area contributed by atoms with Gasteiger partial charge >= 0.3 is 0 Å². The second kappa shape index (κ2) is 3.27. The van der Waals surface area contributed by atoms with Gasteiger partial charge in [-0.05, 0) is 70.1 Å². The van der Waals surface area contributed by atoms with E-state index in [0.29, 0.717) is 23.4 Å². The van der Waals surface area contributed by atoms with Gasteiger partial charge in [-0.15, -0.1) is 0 Å². The molecule has 3 rings (SSSR count). The van der Waals surface area contributed by atoms with Crippen molar-refractivity contribution in [2.24, 2.45) is 17.3 Å². The van der Waals surface area contributed by atoms with E-state index >= 15 is 0 Å². The molecule has 2 heteroatoms. The van der Waals surface area contributed by atoms with E-state index in [1.807, 2.05) is 13.8 Å². The molecule has 2 aliphatic carbocycles. The predicted molar refractivity (Wildman–Crippen MR) is 67.7 cm³/mol. The maximum atomic E-state index is 10.3. The van der Waals surface area contributed by atoms with Crippen LogP contribution in [0.25, 0.3) is 0 Å². The molecule has 5 atom stereocenters. The molecule has 1 aliphatic heterocycles. The van der Waals surface area contributed by atoms with E-state index in [1.165, 1.54) is 25.7 Å². The van der Waals surface area contributed by atoms with E-state index in [9.17, 15) is 5.11 Å². The van der Waals surface area contributed by atoms with Crippen molar-refractivity contribution in [2.75, 3.05) is 0 Å². The van der Waals surface area contributed by atoms with E-state index in [1.54, 1.807) is 0 Å². The average Bonchev–Trinajstić information content (AvgIpc) is 2.88. The van der Waals surface area contributed by atoms with Crippen LogP contribution < -0.4 is 0 Å². The third-order valence-electron chi connectivity index (χ3n) is 6.07. The molecule has 98 valence electrons. The van der Waals surface area contributed by atoms with Crippen molar-refractivity contribution in [1.82, 2.24) is 0 Å². The Labute approximate surface area is 105 Å². The maximum Gasteiger partial charge on any atom is 0.0953 e. The molecular formula is C15H26O2. The SMILES string of the molecule is CC(C)(O)[C@H]1CC[C@@]2(C)CC[C@H]3O[C@@]3(C)[C@@H]2C1. The second-order valence-electron chi connectivity index (χ2n) is 7.66. The summed E-state index contributed by atoms with van der Waals surface area (Å²) in [4.78, 5) is 0. The molecule has 3 fully saturated rings. The molecule has 0 aromatic rings. The summed E-state index contributed by atoms with van der Waals surface area (Å²) < 4.78 is 5.98. The highest BCUT2D eigenvalue weighted by molar-refractivity contribution is 5.14. The third-order valence-corrected chi connectivity index (χ3v) is 6.07. The van der Waals surface area contributed by atoms with Crippen molar-refractivity contribution in [2.45, 2.75) is 77.1 Å². The number of aliphatic hydroxyl groups is 1. The van der Waals surface area contributed by atoms with E-state index in [0.717, 1.165) is 6.42 Å². The molecule has 0 radical (unpaired) electrons. The molecule has 17 heavy (non-hydrogen) atoms. The Balaban J connectivity index is 1.84. The fourth-order valence-corrected chi connectivity index (χ4v) is 4.62. The summed E-state index contributed by atoms with van der Waals surface area (Å²) in [6.07, 6.45) is 6.66. The third kappa shape index (κ3) is 1.67. The molecule has 1 saturated heterocycles. The molecule has 0 bridgehead atoms. The summed E-state index contributed by atoms with van der Waals surface area (Å²) in [6.45, 7) is 8.68. The lowest BCUT2D eigenvalue weighted by Gasteiger charge is -2.51. The predicted octanol–water partition coefficient (Wildman–Crippen LogP) is 3.13. The Morgan fingerprint density at radius 2 is 1.82 bits per heavy atom. The quantitative estimate of drug-likeness (QED) is 0.712. The van der Waals surface area contributed by atoms with Gasteiger partial charge in [0.05, 0.1) is 17.3 Å². The van der Waals surface area contributed by atoms with Crippen molar-refractivity contribution >= 4 is 0 Å². The summed E-state index contributed by atoms with van der Waals surface area (Å²) in [6, 6.07) is 0. The Bertz CT molecular complexity index is 332. The van der Waals surface area contributed by atoms with Crippen LogP contribution in [0.1, 0.15) is 59.8 Å². The van der Waals surface area contributed by atoms with E-state index < -0.39 is 5.60 Å². The fraction of sp³-hybridized carbons (Fsp3) is 1.00. The lowest BCUT2D eigenvalue weighted by Crippen LogP contribution is -2.49. The summed E-state index contributed by atoms with van der Waals surface area (Å²) >= 11 is 0. The van der Waals surface area contributed by atoms with Crippen LogP contribution in [0.15, 0.2) is 0 Å².